The number of carbonyl (C=O) groups excluding carboxylic acids is 1. The van der Waals surface area contributed by atoms with Gasteiger partial charge in [-0.1, -0.05) is 11.3 Å². The topological polar surface area (TPSA) is 89.3 Å². The van der Waals surface area contributed by atoms with Crippen LogP contribution in [0.5, 0.6) is 0 Å². The van der Waals surface area contributed by atoms with E-state index in [1.165, 1.54) is 11.3 Å². The molecule has 4 N–H and O–H groups in total. The van der Waals surface area contributed by atoms with Gasteiger partial charge in [-0.05, 0) is 27.7 Å². The first kappa shape index (κ1) is 15.7. The van der Waals surface area contributed by atoms with Crippen LogP contribution in [0.4, 0.5) is 10.9 Å². The number of carbonyl (C=O) groups is 1. The molecule has 0 unspecified atom stereocenters. The SMILES string of the molecule is COC(C)(C)CNC(=O)c1sc(NC(C)C)nc1N. The number of amides is 1. The van der Waals surface area contributed by atoms with Crippen molar-refractivity contribution >= 4 is 28.2 Å². The van der Waals surface area contributed by atoms with Crippen LogP contribution in [-0.2, 0) is 4.74 Å². The van der Waals surface area contributed by atoms with Crippen molar-refractivity contribution in [3.05, 3.63) is 4.88 Å². The maximum atomic E-state index is 12.0. The Kier molecular flexibility index (Phi) is 5.13. The van der Waals surface area contributed by atoms with Gasteiger partial charge < -0.3 is 21.1 Å². The van der Waals surface area contributed by atoms with Crippen molar-refractivity contribution in [3.63, 3.8) is 0 Å². The maximum Gasteiger partial charge on any atom is 0.265 e. The molecule has 0 aromatic carbocycles. The fourth-order valence-electron chi connectivity index (χ4n) is 1.25. The number of methoxy groups -OCH3 is 1. The second kappa shape index (κ2) is 6.21. The van der Waals surface area contributed by atoms with E-state index in [0.717, 1.165) is 0 Å². The molecule has 0 fully saturated rings. The molecule has 0 spiro atoms. The Hall–Kier alpha value is -1.34. The van der Waals surface area contributed by atoms with E-state index in [2.05, 4.69) is 15.6 Å². The number of nitrogens with two attached hydrogens (primary N) is 1. The van der Waals surface area contributed by atoms with Gasteiger partial charge in [-0.3, -0.25) is 4.79 Å². The average molecular weight is 286 g/mol. The lowest BCUT2D eigenvalue weighted by Gasteiger charge is -2.22. The summed E-state index contributed by atoms with van der Waals surface area (Å²) < 4.78 is 5.24. The van der Waals surface area contributed by atoms with E-state index >= 15 is 0 Å². The number of anilines is 2. The second-order valence-corrected chi connectivity index (χ2v) is 6.18. The molecule has 0 aliphatic carbocycles. The first-order chi connectivity index (χ1) is 8.75. The zero-order valence-electron chi connectivity index (χ0n) is 12.0. The number of hydrogen-bond acceptors (Lipinski definition) is 6. The minimum absolute atomic E-state index is 0.225. The van der Waals surface area contributed by atoms with Gasteiger partial charge >= 0.3 is 0 Å². The number of thiazole rings is 1. The summed E-state index contributed by atoms with van der Waals surface area (Å²) in [5, 5.41) is 6.58. The van der Waals surface area contributed by atoms with E-state index in [4.69, 9.17) is 10.5 Å². The third kappa shape index (κ3) is 4.68. The van der Waals surface area contributed by atoms with Gasteiger partial charge in [-0.15, -0.1) is 0 Å². The fraction of sp³-hybridized carbons (Fsp3) is 0.667. The minimum Gasteiger partial charge on any atom is -0.382 e. The molecule has 0 aliphatic rings. The van der Waals surface area contributed by atoms with E-state index in [1.807, 2.05) is 27.7 Å². The zero-order valence-corrected chi connectivity index (χ0v) is 12.9. The second-order valence-electron chi connectivity index (χ2n) is 5.18. The average Bonchev–Trinajstić information content (AvgIpc) is 2.66. The van der Waals surface area contributed by atoms with Crippen LogP contribution in [0, 0.1) is 0 Å². The van der Waals surface area contributed by atoms with E-state index in [-0.39, 0.29) is 17.8 Å². The zero-order chi connectivity index (χ0) is 14.6. The highest BCUT2D eigenvalue weighted by atomic mass is 32.1. The van der Waals surface area contributed by atoms with Gasteiger partial charge in [-0.25, -0.2) is 4.98 Å². The van der Waals surface area contributed by atoms with Gasteiger partial charge in [0, 0.05) is 19.7 Å². The van der Waals surface area contributed by atoms with Gasteiger partial charge in [0.1, 0.15) is 10.7 Å². The Bertz CT molecular complexity index is 443. The van der Waals surface area contributed by atoms with Crippen LogP contribution in [0.2, 0.25) is 0 Å². The Morgan fingerprint density at radius 1 is 1.53 bits per heavy atom. The predicted molar refractivity (Wildman–Crippen MR) is 78.7 cm³/mol. The molecule has 6 nitrogen and oxygen atoms in total. The molecule has 0 atom stereocenters. The van der Waals surface area contributed by atoms with Crippen molar-refractivity contribution in [3.8, 4) is 0 Å². The first-order valence-electron chi connectivity index (χ1n) is 6.11. The van der Waals surface area contributed by atoms with E-state index in [1.54, 1.807) is 7.11 Å². The van der Waals surface area contributed by atoms with E-state index in [9.17, 15) is 4.79 Å². The Balaban J connectivity index is 2.69. The van der Waals surface area contributed by atoms with Crippen LogP contribution < -0.4 is 16.4 Å². The summed E-state index contributed by atoms with van der Waals surface area (Å²) in [6, 6.07) is 0.244. The smallest absolute Gasteiger partial charge is 0.265 e. The third-order valence-electron chi connectivity index (χ3n) is 2.50. The summed E-state index contributed by atoms with van der Waals surface area (Å²) in [4.78, 5) is 16.6. The van der Waals surface area contributed by atoms with Crippen molar-refractivity contribution in [2.45, 2.75) is 39.3 Å². The fourth-order valence-corrected chi connectivity index (χ4v) is 2.20. The van der Waals surface area contributed by atoms with Gasteiger partial charge in [-0.2, -0.15) is 0 Å². The summed E-state index contributed by atoms with van der Waals surface area (Å²) in [6.07, 6.45) is 0. The standard InChI is InChI=1S/C12H22N4O2S/c1-7(2)15-11-16-9(13)8(19-11)10(17)14-6-12(3,4)18-5/h7H,6,13H2,1-5H3,(H,14,17)(H,15,16). The number of nitrogens with zero attached hydrogens (tertiary/aromatic N) is 1. The maximum absolute atomic E-state index is 12.0. The highest BCUT2D eigenvalue weighted by molar-refractivity contribution is 7.18. The van der Waals surface area contributed by atoms with E-state index in [0.29, 0.717) is 16.6 Å². The van der Waals surface area contributed by atoms with Crippen LogP contribution >= 0.6 is 11.3 Å². The van der Waals surface area contributed by atoms with Crippen molar-refractivity contribution in [2.24, 2.45) is 0 Å². The molecule has 1 amide bonds. The predicted octanol–water partition coefficient (Wildman–Crippen LogP) is 1.70. The summed E-state index contributed by atoms with van der Waals surface area (Å²) in [6.45, 7) is 8.20. The lowest BCUT2D eigenvalue weighted by molar-refractivity contribution is 0.0229. The van der Waals surface area contributed by atoms with Gasteiger partial charge in [0.15, 0.2) is 5.13 Å². The van der Waals surface area contributed by atoms with Gasteiger partial charge in [0.05, 0.1) is 5.60 Å². The lowest BCUT2D eigenvalue weighted by Crippen LogP contribution is -2.39. The molecule has 0 aliphatic heterocycles. The molecule has 19 heavy (non-hydrogen) atoms. The monoisotopic (exact) mass is 286 g/mol. The summed E-state index contributed by atoms with van der Waals surface area (Å²) in [5.74, 6) is 0.0257. The van der Waals surface area contributed by atoms with Crippen molar-refractivity contribution in [2.75, 3.05) is 24.7 Å². The normalized spacial score (nSPS) is 11.7. The molecule has 108 valence electrons. The summed E-state index contributed by atoms with van der Waals surface area (Å²) in [5.41, 5.74) is 5.35. The number of aromatic nitrogens is 1. The Labute approximate surface area is 117 Å². The first-order valence-corrected chi connectivity index (χ1v) is 6.93. The van der Waals surface area contributed by atoms with Gasteiger partial charge in [0.2, 0.25) is 0 Å². The van der Waals surface area contributed by atoms with Crippen molar-refractivity contribution in [1.82, 2.24) is 10.3 Å². The third-order valence-corrected chi connectivity index (χ3v) is 3.50. The van der Waals surface area contributed by atoms with Crippen LogP contribution in [0.15, 0.2) is 0 Å². The molecule has 0 saturated heterocycles. The number of hydrogen-bond donors (Lipinski definition) is 3. The quantitative estimate of drug-likeness (QED) is 0.740. The van der Waals surface area contributed by atoms with Gasteiger partial charge in [0.25, 0.3) is 5.91 Å². The highest BCUT2D eigenvalue weighted by Crippen LogP contribution is 2.25. The lowest BCUT2D eigenvalue weighted by atomic mass is 10.1. The van der Waals surface area contributed by atoms with Crippen LogP contribution in [0.3, 0.4) is 0 Å². The molecular weight excluding hydrogens is 264 g/mol. The largest absolute Gasteiger partial charge is 0.382 e. The van der Waals surface area contributed by atoms with Crippen LogP contribution in [0.25, 0.3) is 0 Å². The molecule has 1 aromatic rings. The minimum atomic E-state index is -0.409. The molecule has 1 aromatic heterocycles. The number of ether oxygens (including phenoxy) is 1. The Morgan fingerprint density at radius 3 is 2.68 bits per heavy atom. The summed E-state index contributed by atoms with van der Waals surface area (Å²) >= 11 is 1.25. The highest BCUT2D eigenvalue weighted by Gasteiger charge is 2.21. The molecule has 0 bridgehead atoms. The molecule has 1 rings (SSSR count). The number of rotatable bonds is 6. The molecule has 7 heteroatoms. The molecule has 0 radical (unpaired) electrons. The molecule has 0 saturated carbocycles. The summed E-state index contributed by atoms with van der Waals surface area (Å²) in [7, 11) is 1.61. The van der Waals surface area contributed by atoms with Crippen LogP contribution in [0.1, 0.15) is 37.4 Å². The van der Waals surface area contributed by atoms with Crippen LogP contribution in [-0.4, -0.2) is 36.2 Å². The molecular formula is C12H22N4O2S. The van der Waals surface area contributed by atoms with Crippen molar-refractivity contribution in [1.29, 1.82) is 0 Å². The number of nitrogen functional groups attached to an aromatic ring is 1. The van der Waals surface area contributed by atoms with E-state index < -0.39 is 5.60 Å². The Morgan fingerprint density at radius 2 is 2.16 bits per heavy atom. The number of nitrogens with one attached hydrogen (secondary N) is 2. The molecule has 1 heterocycles. The van der Waals surface area contributed by atoms with Crippen molar-refractivity contribution < 1.29 is 9.53 Å².